The molecule has 0 amide bonds. The summed E-state index contributed by atoms with van der Waals surface area (Å²) in [5.74, 6) is 0.518. The highest BCUT2D eigenvalue weighted by Gasteiger charge is 2.19. The highest BCUT2D eigenvalue weighted by Crippen LogP contribution is 2.28. The van der Waals surface area contributed by atoms with E-state index in [0.29, 0.717) is 17.2 Å². The van der Waals surface area contributed by atoms with Crippen LogP contribution in [-0.2, 0) is 0 Å². The van der Waals surface area contributed by atoms with E-state index >= 15 is 0 Å². The van der Waals surface area contributed by atoms with Crippen molar-refractivity contribution in [1.29, 1.82) is 0 Å². The van der Waals surface area contributed by atoms with Crippen molar-refractivity contribution in [2.45, 2.75) is 38.9 Å². The van der Waals surface area contributed by atoms with Gasteiger partial charge in [-0.25, -0.2) is 0 Å². The van der Waals surface area contributed by atoms with Gasteiger partial charge in [-0.3, -0.25) is 0 Å². The van der Waals surface area contributed by atoms with E-state index in [1.54, 1.807) is 32.0 Å². The van der Waals surface area contributed by atoms with Crippen LogP contribution in [0.4, 0.5) is 0 Å². The molecule has 17 heavy (non-hydrogen) atoms. The molecule has 1 rings (SSSR count). The number of benzene rings is 1. The van der Waals surface area contributed by atoms with Gasteiger partial charge in [0.2, 0.25) is 0 Å². The third-order valence-corrected chi connectivity index (χ3v) is 3.03. The summed E-state index contributed by atoms with van der Waals surface area (Å²) in [6.07, 6.45) is 0.0522. The van der Waals surface area contributed by atoms with Crippen LogP contribution in [0.25, 0.3) is 0 Å². The van der Waals surface area contributed by atoms with Gasteiger partial charge in [-0.15, -0.1) is 0 Å². The quantitative estimate of drug-likeness (QED) is 0.854. The summed E-state index contributed by atoms with van der Waals surface area (Å²) in [4.78, 5) is 0. The Labute approximate surface area is 107 Å². The molecule has 96 valence electrons. The summed E-state index contributed by atoms with van der Waals surface area (Å²) in [6.45, 7) is 5.47. The van der Waals surface area contributed by atoms with Crippen LogP contribution in [0.1, 0.15) is 38.9 Å². The standard InChI is InChI=1S/C13H19ClO3/c1-4-13(3,16)8-17-12-6-5-10(9(2)15)7-11(12)14/h5-7,9,15-16H,4,8H2,1-3H3/t9-,13?/m1/s1. The normalized spacial score (nSPS) is 16.4. The van der Waals surface area contributed by atoms with E-state index in [0.717, 1.165) is 5.56 Å². The second-order valence-electron chi connectivity index (χ2n) is 4.51. The first kappa shape index (κ1) is 14.3. The Morgan fingerprint density at radius 1 is 1.47 bits per heavy atom. The van der Waals surface area contributed by atoms with Crippen molar-refractivity contribution in [2.24, 2.45) is 0 Å². The van der Waals surface area contributed by atoms with Crippen LogP contribution >= 0.6 is 11.6 Å². The molecule has 0 radical (unpaired) electrons. The maximum atomic E-state index is 9.81. The van der Waals surface area contributed by atoms with E-state index in [1.807, 2.05) is 6.92 Å². The predicted molar refractivity (Wildman–Crippen MR) is 68.5 cm³/mol. The highest BCUT2D eigenvalue weighted by molar-refractivity contribution is 6.32. The summed E-state index contributed by atoms with van der Waals surface area (Å²) in [7, 11) is 0. The first-order valence-corrected chi connectivity index (χ1v) is 6.06. The monoisotopic (exact) mass is 258 g/mol. The highest BCUT2D eigenvalue weighted by atomic mass is 35.5. The van der Waals surface area contributed by atoms with Crippen LogP contribution in [0.5, 0.6) is 5.75 Å². The number of ether oxygens (including phenoxy) is 1. The molecule has 3 nitrogen and oxygen atoms in total. The Kier molecular flexibility index (Phi) is 4.80. The van der Waals surface area contributed by atoms with Gasteiger partial charge in [-0.2, -0.15) is 0 Å². The zero-order chi connectivity index (χ0) is 13.1. The van der Waals surface area contributed by atoms with Gasteiger partial charge in [-0.05, 0) is 38.0 Å². The number of hydrogen-bond donors (Lipinski definition) is 2. The summed E-state index contributed by atoms with van der Waals surface area (Å²) >= 11 is 6.03. The fraction of sp³-hybridized carbons (Fsp3) is 0.538. The zero-order valence-corrected chi connectivity index (χ0v) is 11.2. The summed E-state index contributed by atoms with van der Waals surface area (Å²) in [5, 5.41) is 19.6. The van der Waals surface area contributed by atoms with Crippen molar-refractivity contribution in [1.82, 2.24) is 0 Å². The van der Waals surface area contributed by atoms with Crippen LogP contribution in [0, 0.1) is 0 Å². The minimum absolute atomic E-state index is 0.192. The van der Waals surface area contributed by atoms with Crippen molar-refractivity contribution in [3.8, 4) is 5.75 Å². The van der Waals surface area contributed by atoms with E-state index in [2.05, 4.69) is 0 Å². The molecule has 2 atom stereocenters. The molecule has 0 fully saturated rings. The Morgan fingerprint density at radius 3 is 2.59 bits per heavy atom. The number of halogens is 1. The lowest BCUT2D eigenvalue weighted by atomic mass is 10.1. The fourth-order valence-corrected chi connectivity index (χ4v) is 1.47. The molecule has 2 N–H and O–H groups in total. The fourth-order valence-electron chi connectivity index (χ4n) is 1.23. The molecule has 0 aliphatic carbocycles. The maximum absolute atomic E-state index is 9.81. The molecule has 0 saturated heterocycles. The van der Waals surface area contributed by atoms with Crippen molar-refractivity contribution in [3.63, 3.8) is 0 Å². The summed E-state index contributed by atoms with van der Waals surface area (Å²) in [5.41, 5.74) is -0.115. The predicted octanol–water partition coefficient (Wildman–Crippen LogP) is 2.93. The van der Waals surface area contributed by atoms with Crippen LogP contribution in [0.3, 0.4) is 0 Å². The van der Waals surface area contributed by atoms with E-state index in [-0.39, 0.29) is 6.61 Å². The Bertz CT molecular complexity index is 375. The molecule has 0 heterocycles. The molecule has 0 aliphatic rings. The molecule has 1 unspecified atom stereocenters. The molecule has 0 aliphatic heterocycles. The third kappa shape index (κ3) is 4.19. The van der Waals surface area contributed by atoms with Gasteiger partial charge < -0.3 is 14.9 Å². The van der Waals surface area contributed by atoms with Gasteiger partial charge in [0.25, 0.3) is 0 Å². The smallest absolute Gasteiger partial charge is 0.138 e. The topological polar surface area (TPSA) is 49.7 Å². The largest absolute Gasteiger partial charge is 0.489 e. The Balaban J connectivity index is 2.73. The average Bonchev–Trinajstić information content (AvgIpc) is 2.27. The molecule has 0 saturated carbocycles. The SMILES string of the molecule is CCC(C)(O)COc1ccc([C@@H](C)O)cc1Cl. The number of aliphatic hydroxyl groups excluding tert-OH is 1. The van der Waals surface area contributed by atoms with E-state index in [4.69, 9.17) is 16.3 Å². The third-order valence-electron chi connectivity index (χ3n) is 2.74. The molecule has 0 bridgehead atoms. The number of hydrogen-bond acceptors (Lipinski definition) is 3. The molecular formula is C13H19ClO3. The minimum atomic E-state index is -0.855. The summed E-state index contributed by atoms with van der Waals surface area (Å²) in [6, 6.07) is 5.13. The van der Waals surface area contributed by atoms with Crippen molar-refractivity contribution in [3.05, 3.63) is 28.8 Å². The van der Waals surface area contributed by atoms with Crippen LogP contribution < -0.4 is 4.74 Å². The maximum Gasteiger partial charge on any atom is 0.138 e. The molecule has 4 heteroatoms. The van der Waals surface area contributed by atoms with Crippen LogP contribution in [-0.4, -0.2) is 22.4 Å². The number of rotatable bonds is 5. The number of aliphatic hydroxyl groups is 2. The van der Waals surface area contributed by atoms with Crippen molar-refractivity contribution in [2.75, 3.05) is 6.61 Å². The van der Waals surface area contributed by atoms with E-state index < -0.39 is 11.7 Å². The van der Waals surface area contributed by atoms with Gasteiger partial charge in [0, 0.05) is 0 Å². The average molecular weight is 259 g/mol. The van der Waals surface area contributed by atoms with Gasteiger partial charge in [0.15, 0.2) is 0 Å². The Hall–Kier alpha value is -0.770. The minimum Gasteiger partial charge on any atom is -0.489 e. The summed E-state index contributed by atoms with van der Waals surface area (Å²) < 4.78 is 5.46. The first-order valence-electron chi connectivity index (χ1n) is 5.68. The second kappa shape index (κ2) is 5.71. The lowest BCUT2D eigenvalue weighted by Gasteiger charge is -2.22. The molecule has 0 spiro atoms. The molecule has 1 aromatic carbocycles. The van der Waals surface area contributed by atoms with Gasteiger partial charge in [0.05, 0.1) is 16.7 Å². The van der Waals surface area contributed by atoms with Gasteiger partial charge in [0.1, 0.15) is 12.4 Å². The molecule has 1 aromatic rings. The zero-order valence-electron chi connectivity index (χ0n) is 10.4. The van der Waals surface area contributed by atoms with Crippen LogP contribution in [0.15, 0.2) is 18.2 Å². The van der Waals surface area contributed by atoms with E-state index in [1.165, 1.54) is 0 Å². The molecule has 0 aromatic heterocycles. The first-order chi connectivity index (χ1) is 7.85. The van der Waals surface area contributed by atoms with Crippen molar-refractivity contribution >= 4 is 11.6 Å². The second-order valence-corrected chi connectivity index (χ2v) is 4.91. The van der Waals surface area contributed by atoms with Gasteiger partial charge >= 0.3 is 0 Å². The lowest BCUT2D eigenvalue weighted by Crippen LogP contribution is -2.31. The Morgan fingerprint density at radius 2 is 2.12 bits per heavy atom. The van der Waals surface area contributed by atoms with Crippen molar-refractivity contribution < 1.29 is 14.9 Å². The van der Waals surface area contributed by atoms with Crippen LogP contribution in [0.2, 0.25) is 5.02 Å². The lowest BCUT2D eigenvalue weighted by molar-refractivity contribution is 0.00848. The van der Waals surface area contributed by atoms with Gasteiger partial charge in [-0.1, -0.05) is 24.6 Å². The van der Waals surface area contributed by atoms with E-state index in [9.17, 15) is 10.2 Å². The molecular weight excluding hydrogens is 240 g/mol.